The first-order valence-corrected chi connectivity index (χ1v) is 21.5. The van der Waals surface area contributed by atoms with E-state index in [1.165, 1.54) is 0 Å². The minimum absolute atomic E-state index is 0. The molecule has 6 N–H and O–H groups in total. The van der Waals surface area contributed by atoms with E-state index in [9.17, 15) is 20.4 Å². The van der Waals surface area contributed by atoms with E-state index in [0.29, 0.717) is 33.8 Å². The van der Waals surface area contributed by atoms with Crippen LogP contribution in [0.3, 0.4) is 0 Å². The zero-order valence-electron chi connectivity index (χ0n) is 39.1. The summed E-state index contributed by atoms with van der Waals surface area (Å²) >= 11 is 0. The molecule has 70 heavy (non-hydrogen) atoms. The van der Waals surface area contributed by atoms with Gasteiger partial charge in [-0.3, -0.25) is 0 Å². The van der Waals surface area contributed by atoms with Crippen molar-refractivity contribution in [3.63, 3.8) is 0 Å². The molecule has 0 saturated carbocycles. The van der Waals surface area contributed by atoms with Crippen molar-refractivity contribution in [2.75, 3.05) is 0 Å². The molecule has 321 valence electrons. The van der Waals surface area contributed by atoms with Gasteiger partial charge < -0.3 is 30.6 Å². The number of fused-ring (bicyclic) bond motifs is 6. The second-order valence-corrected chi connectivity index (χ2v) is 16.1. The molecule has 10 heteroatoms. The van der Waals surface area contributed by atoms with Crippen LogP contribution in [0, 0.1) is 0 Å². The van der Waals surface area contributed by atoms with E-state index in [4.69, 9.17) is 10.2 Å². The van der Waals surface area contributed by atoms with Crippen LogP contribution in [0.4, 0.5) is 0 Å². The van der Waals surface area contributed by atoms with Crippen molar-refractivity contribution >= 4 is 64.6 Å². The smallest absolute Gasteiger partial charge is 0.872 e. The molecule has 0 saturated heterocycles. The number of aromatic hydroxyl groups is 2. The molecule has 0 fully saturated rings. The van der Waals surface area contributed by atoms with Crippen molar-refractivity contribution < 1.29 is 120 Å². The van der Waals surface area contributed by atoms with Crippen molar-refractivity contribution in [3.05, 3.63) is 218 Å². The molecule has 0 aromatic heterocycles. The topological polar surface area (TPSA) is 132 Å². The Balaban J connectivity index is 0.000000167. The molecule has 0 bridgehead atoms. The first-order valence-electron chi connectivity index (χ1n) is 21.5. The summed E-state index contributed by atoms with van der Waals surface area (Å²) in [6, 6.07) is 68.6. The Bertz CT molecular complexity index is 3180. The van der Waals surface area contributed by atoms with Gasteiger partial charge in [0, 0.05) is 56.0 Å². The van der Waals surface area contributed by atoms with Gasteiger partial charge in [0.25, 0.3) is 11.5 Å². The second-order valence-electron chi connectivity index (χ2n) is 16.1. The molecule has 0 aliphatic carbocycles. The van der Waals surface area contributed by atoms with Crippen LogP contribution in [0.15, 0.2) is 218 Å². The summed E-state index contributed by atoms with van der Waals surface area (Å²) in [6.45, 7) is 0. The summed E-state index contributed by atoms with van der Waals surface area (Å²) < 4.78 is 0. The van der Waals surface area contributed by atoms with Gasteiger partial charge in [-0.2, -0.15) is 0 Å². The summed E-state index contributed by atoms with van der Waals surface area (Å²) in [5, 5.41) is 74.3. The molecular formula is C60H42Li3O6Y+3. The van der Waals surface area contributed by atoms with E-state index in [1.807, 2.05) is 182 Å². The van der Waals surface area contributed by atoms with Gasteiger partial charge >= 0.3 is 56.6 Å². The van der Waals surface area contributed by atoms with Gasteiger partial charge in [-0.15, -0.1) is 0 Å². The third kappa shape index (κ3) is 10.2. The molecule has 12 aromatic rings. The fourth-order valence-corrected chi connectivity index (χ4v) is 9.15. The standard InChI is InChI=1S/3C20H14O2.3Li.Y/c3*21-17-11-9-13-5-1-3-7-15(13)19(17)20-16-8-4-2-6-14(16)10-12-18(20)22;;;;/h3*1-12,21-22H;;;;/q;;;3*+1;. The summed E-state index contributed by atoms with van der Waals surface area (Å²) in [6.07, 6.45) is 0. The summed E-state index contributed by atoms with van der Waals surface area (Å²) in [4.78, 5) is 0. The molecule has 0 spiro atoms. The van der Waals surface area contributed by atoms with Crippen LogP contribution in [0.2, 0.25) is 0 Å². The Labute approximate surface area is 466 Å². The molecule has 0 amide bonds. The van der Waals surface area contributed by atoms with Gasteiger partial charge in [0.1, 0.15) is 11.5 Å². The maximum atomic E-state index is 12.5. The van der Waals surface area contributed by atoms with Gasteiger partial charge in [-0.25, -0.2) is 0 Å². The average molecular weight is 969 g/mol. The van der Waals surface area contributed by atoms with Crippen molar-refractivity contribution in [2.45, 2.75) is 0 Å². The average Bonchev–Trinajstić information content (AvgIpc) is 3.35. The summed E-state index contributed by atoms with van der Waals surface area (Å²) in [5.74, 6) is 1.03. The second kappa shape index (κ2) is 23.2. The molecule has 0 heterocycles. The van der Waals surface area contributed by atoms with Crippen molar-refractivity contribution in [1.82, 2.24) is 0 Å². The monoisotopic (exact) mass is 968 g/mol. The van der Waals surface area contributed by atoms with Gasteiger partial charge in [0.2, 0.25) is 0 Å². The van der Waals surface area contributed by atoms with E-state index in [1.54, 1.807) is 36.4 Å². The largest absolute Gasteiger partial charge is 1.00 e. The van der Waals surface area contributed by atoms with Crippen molar-refractivity contribution in [1.29, 1.82) is 0 Å². The Morgan fingerprint density at radius 2 is 0.471 bits per heavy atom. The zero-order chi connectivity index (χ0) is 45.3. The van der Waals surface area contributed by atoms with Gasteiger partial charge in [-0.1, -0.05) is 193 Å². The van der Waals surface area contributed by atoms with Crippen LogP contribution in [-0.2, 0) is 32.7 Å². The Morgan fingerprint density at radius 1 is 0.257 bits per heavy atom. The molecule has 0 aliphatic rings. The molecule has 0 aliphatic heterocycles. The number of hydrogen-bond acceptors (Lipinski definition) is 4. The number of benzene rings is 12. The maximum absolute atomic E-state index is 12.5. The van der Waals surface area contributed by atoms with Crippen molar-refractivity contribution in [2.24, 2.45) is 0 Å². The summed E-state index contributed by atoms with van der Waals surface area (Å²) in [7, 11) is 0. The molecule has 1 radical (unpaired) electrons. The van der Waals surface area contributed by atoms with Gasteiger partial charge in [-0.05, 0) is 100 Å². The Kier molecular flexibility index (Phi) is 17.7. The molecular weight excluding hydrogens is 926 g/mol. The predicted octanol–water partition coefficient (Wildman–Crippen LogP) is 4.42. The number of rotatable bonds is 3. The van der Waals surface area contributed by atoms with Crippen LogP contribution >= 0.6 is 0 Å². The summed E-state index contributed by atoms with van der Waals surface area (Å²) in [5.41, 5.74) is 4.04. The minimum Gasteiger partial charge on any atom is -0.872 e. The minimum atomic E-state index is -0.0384. The first kappa shape index (κ1) is 53.3. The van der Waals surface area contributed by atoms with Gasteiger partial charge in [0.15, 0.2) is 0 Å². The fourth-order valence-electron chi connectivity index (χ4n) is 9.15. The third-order valence-electron chi connectivity index (χ3n) is 12.2. The SMILES string of the molecule is Oc1ccc2ccccc2c1-c1c(O)ccc2ccccc12.[Li+].[Li+].[Li+].[O-]c1ccc2ccccc2c1-c1c([OH2+])ccc2ccccc12.[O-]c1ccc2ccccc2c1-c1c([OH2+])ccc2ccccc12.[Y]. The van der Waals surface area contributed by atoms with E-state index < -0.39 is 0 Å². The van der Waals surface area contributed by atoms with Crippen molar-refractivity contribution in [3.8, 4) is 67.9 Å². The van der Waals surface area contributed by atoms with E-state index in [2.05, 4.69) is 0 Å². The first-order chi connectivity index (χ1) is 32.3. The zero-order valence-corrected chi connectivity index (χ0v) is 41.9. The van der Waals surface area contributed by atoms with Crippen LogP contribution in [-0.4, -0.2) is 20.4 Å². The molecule has 0 unspecified atom stereocenters. The van der Waals surface area contributed by atoms with Gasteiger partial charge in [0.05, 0.1) is 11.1 Å². The van der Waals surface area contributed by atoms with E-state index >= 15 is 0 Å². The quantitative estimate of drug-likeness (QED) is 0.201. The molecule has 12 aromatic carbocycles. The van der Waals surface area contributed by atoms with Crippen LogP contribution in [0.25, 0.3) is 98.0 Å². The number of phenolic OH excluding ortho intramolecular Hbond substituents is 2. The molecule has 6 nitrogen and oxygen atoms in total. The maximum Gasteiger partial charge on any atom is 1.00 e. The van der Waals surface area contributed by atoms with E-state index in [-0.39, 0.29) is 112 Å². The number of phenols is 2. The molecule has 0 atom stereocenters. The normalized spacial score (nSPS) is 10.5. The number of hydrogen-bond donors (Lipinski definition) is 2. The van der Waals surface area contributed by atoms with Crippen LogP contribution in [0.1, 0.15) is 0 Å². The Morgan fingerprint density at radius 3 is 0.757 bits per heavy atom. The predicted molar refractivity (Wildman–Crippen MR) is 269 cm³/mol. The van der Waals surface area contributed by atoms with E-state index in [0.717, 1.165) is 75.8 Å². The fraction of sp³-hybridized carbons (Fsp3) is 0. The Hall–Kier alpha value is -6.10. The van der Waals surface area contributed by atoms with Crippen LogP contribution < -0.4 is 66.8 Å². The molecule has 12 rings (SSSR count). The van der Waals surface area contributed by atoms with Crippen LogP contribution in [0.5, 0.6) is 34.5 Å². The third-order valence-corrected chi connectivity index (χ3v) is 12.2.